The fourth-order valence-electron chi connectivity index (χ4n) is 1.94. The van der Waals surface area contributed by atoms with Crippen LogP contribution in [0.4, 0.5) is 0 Å². The van der Waals surface area contributed by atoms with E-state index in [2.05, 4.69) is 16.2 Å². The molecular weight excluding hydrogens is 222 g/mol. The minimum Gasteiger partial charge on any atom is -0.370 e. The highest BCUT2D eigenvalue weighted by Crippen LogP contribution is 2.24. The predicted molar refractivity (Wildman–Crippen MR) is 75.0 cm³/mol. The molecule has 0 heterocycles. The number of nitrogens with two attached hydrogens (primary N) is 1. The highest BCUT2D eigenvalue weighted by molar-refractivity contribution is 5.77. The molecule has 1 aromatic carbocycles. The summed E-state index contributed by atoms with van der Waals surface area (Å²) in [5, 5.41) is 3.17. The lowest BCUT2D eigenvalue weighted by Gasteiger charge is -2.25. The fraction of sp³-hybridized carbons (Fsp3) is 0.400. The van der Waals surface area contributed by atoms with Crippen LogP contribution in [0.2, 0.25) is 0 Å². The highest BCUT2D eigenvalue weighted by atomic mass is 15.1. The van der Waals surface area contributed by atoms with E-state index in [0.29, 0.717) is 12.5 Å². The second-order valence-corrected chi connectivity index (χ2v) is 4.72. The molecule has 1 aliphatic rings. The van der Waals surface area contributed by atoms with Crippen molar-refractivity contribution in [3.63, 3.8) is 0 Å². The molecule has 0 aromatic heterocycles. The molecule has 94 valence electrons. The summed E-state index contributed by atoms with van der Waals surface area (Å²) in [6.07, 6.45) is 9.32. The van der Waals surface area contributed by atoms with E-state index in [4.69, 9.17) is 12.2 Å². The van der Waals surface area contributed by atoms with Crippen LogP contribution in [-0.2, 0) is 6.54 Å². The van der Waals surface area contributed by atoms with E-state index in [-0.39, 0.29) is 0 Å². The van der Waals surface area contributed by atoms with Crippen LogP contribution in [0.5, 0.6) is 0 Å². The molecule has 1 aliphatic carbocycles. The number of benzene rings is 1. The Balaban J connectivity index is 1.82. The zero-order valence-corrected chi connectivity index (χ0v) is 10.5. The Morgan fingerprint density at radius 2 is 2.33 bits per heavy atom. The third kappa shape index (κ3) is 3.53. The van der Waals surface area contributed by atoms with Gasteiger partial charge in [0, 0.05) is 12.1 Å². The minimum absolute atomic E-state index is 0.521. The molecule has 1 fully saturated rings. The van der Waals surface area contributed by atoms with Crippen LogP contribution in [0.15, 0.2) is 29.3 Å². The molecule has 18 heavy (non-hydrogen) atoms. The molecule has 0 spiro atoms. The highest BCUT2D eigenvalue weighted by Gasteiger charge is 2.16. The van der Waals surface area contributed by atoms with Crippen LogP contribution < -0.4 is 11.1 Å². The first-order valence-electron chi connectivity index (χ1n) is 6.37. The largest absolute Gasteiger partial charge is 0.370 e. The summed E-state index contributed by atoms with van der Waals surface area (Å²) in [4.78, 5) is 4.31. The topological polar surface area (TPSA) is 50.4 Å². The molecular formula is C15H19N3. The van der Waals surface area contributed by atoms with Gasteiger partial charge in [-0.15, -0.1) is 6.42 Å². The van der Waals surface area contributed by atoms with Gasteiger partial charge >= 0.3 is 0 Å². The van der Waals surface area contributed by atoms with E-state index < -0.39 is 0 Å². The molecule has 3 heteroatoms. The molecule has 0 bridgehead atoms. The Labute approximate surface area is 108 Å². The number of nitrogens with zero attached hydrogens (tertiary/aromatic N) is 1. The van der Waals surface area contributed by atoms with Crippen LogP contribution in [0, 0.1) is 18.3 Å². The van der Waals surface area contributed by atoms with Crippen LogP contribution in [0.1, 0.15) is 30.4 Å². The number of hydrogen-bond donors (Lipinski definition) is 2. The molecule has 1 aromatic rings. The Bertz CT molecular complexity index is 467. The van der Waals surface area contributed by atoms with Gasteiger partial charge in [0.15, 0.2) is 5.96 Å². The second kappa shape index (κ2) is 6.11. The Hall–Kier alpha value is -1.95. The van der Waals surface area contributed by atoms with E-state index >= 15 is 0 Å². The van der Waals surface area contributed by atoms with Gasteiger partial charge in [0.2, 0.25) is 0 Å². The Morgan fingerprint density at radius 1 is 1.50 bits per heavy atom. The first kappa shape index (κ1) is 12.5. The Kier molecular flexibility index (Phi) is 4.25. The monoisotopic (exact) mass is 241 g/mol. The summed E-state index contributed by atoms with van der Waals surface area (Å²) < 4.78 is 0. The zero-order chi connectivity index (χ0) is 12.8. The lowest BCUT2D eigenvalue weighted by Crippen LogP contribution is -2.37. The third-order valence-corrected chi connectivity index (χ3v) is 3.32. The number of terminal acetylenes is 1. The minimum atomic E-state index is 0.521. The van der Waals surface area contributed by atoms with Crippen molar-refractivity contribution >= 4 is 5.96 Å². The molecule has 0 aliphatic heterocycles. The van der Waals surface area contributed by atoms with Crippen molar-refractivity contribution in [2.45, 2.75) is 25.8 Å². The van der Waals surface area contributed by atoms with Gasteiger partial charge in [0.05, 0.1) is 6.54 Å². The number of hydrogen-bond acceptors (Lipinski definition) is 1. The maximum Gasteiger partial charge on any atom is 0.188 e. The standard InChI is InChI=1S/C15H19N3/c1-2-12-5-3-8-14(9-12)11-18-15(16)17-10-13-6-4-7-13/h1,3,5,8-9,13H,4,6-7,10-11H2,(H3,16,17,18). The number of aliphatic imine (C=N–C) groups is 1. The number of guanidine groups is 1. The summed E-state index contributed by atoms with van der Waals surface area (Å²) >= 11 is 0. The number of rotatable bonds is 4. The van der Waals surface area contributed by atoms with Crippen LogP contribution in [0.3, 0.4) is 0 Å². The quantitative estimate of drug-likeness (QED) is 0.480. The third-order valence-electron chi connectivity index (χ3n) is 3.32. The summed E-state index contributed by atoms with van der Waals surface area (Å²) in [5.41, 5.74) is 7.78. The van der Waals surface area contributed by atoms with Gasteiger partial charge in [-0.05, 0) is 36.5 Å². The molecule has 0 amide bonds. The summed E-state index contributed by atoms with van der Waals surface area (Å²) in [7, 11) is 0. The number of nitrogens with one attached hydrogen (secondary N) is 1. The SMILES string of the molecule is C#Cc1cccc(CN=C(N)NCC2CCC2)c1. The molecule has 0 saturated heterocycles. The van der Waals surface area contributed by atoms with Crippen molar-refractivity contribution in [1.29, 1.82) is 0 Å². The van der Waals surface area contributed by atoms with Crippen LogP contribution in [-0.4, -0.2) is 12.5 Å². The normalized spacial score (nSPS) is 15.8. The zero-order valence-electron chi connectivity index (χ0n) is 10.5. The van der Waals surface area contributed by atoms with E-state index in [1.165, 1.54) is 19.3 Å². The molecule has 2 rings (SSSR count). The first-order valence-corrected chi connectivity index (χ1v) is 6.37. The van der Waals surface area contributed by atoms with E-state index in [0.717, 1.165) is 23.6 Å². The summed E-state index contributed by atoms with van der Waals surface area (Å²) in [5.74, 6) is 3.92. The van der Waals surface area contributed by atoms with Gasteiger partial charge in [-0.3, -0.25) is 0 Å². The van der Waals surface area contributed by atoms with Crippen molar-refractivity contribution in [3.8, 4) is 12.3 Å². The van der Waals surface area contributed by atoms with Crippen molar-refractivity contribution in [1.82, 2.24) is 5.32 Å². The van der Waals surface area contributed by atoms with Gasteiger partial charge < -0.3 is 11.1 Å². The van der Waals surface area contributed by atoms with Crippen molar-refractivity contribution in [2.24, 2.45) is 16.6 Å². The lowest BCUT2D eigenvalue weighted by atomic mass is 9.85. The summed E-state index contributed by atoms with van der Waals surface area (Å²) in [6.45, 7) is 1.51. The van der Waals surface area contributed by atoms with Gasteiger partial charge in [-0.1, -0.05) is 24.5 Å². The van der Waals surface area contributed by atoms with E-state index in [9.17, 15) is 0 Å². The molecule has 3 N–H and O–H groups in total. The maximum absolute atomic E-state index is 5.82. The first-order chi connectivity index (χ1) is 8.78. The predicted octanol–water partition coefficient (Wildman–Crippen LogP) is 1.87. The fourth-order valence-corrected chi connectivity index (χ4v) is 1.94. The lowest BCUT2D eigenvalue weighted by molar-refractivity contribution is 0.315. The Morgan fingerprint density at radius 3 is 3.00 bits per heavy atom. The van der Waals surface area contributed by atoms with Gasteiger partial charge in [0.1, 0.15) is 0 Å². The van der Waals surface area contributed by atoms with E-state index in [1.807, 2.05) is 24.3 Å². The molecule has 0 unspecified atom stereocenters. The molecule has 1 saturated carbocycles. The van der Waals surface area contributed by atoms with Gasteiger partial charge in [0.25, 0.3) is 0 Å². The van der Waals surface area contributed by atoms with Gasteiger partial charge in [-0.2, -0.15) is 0 Å². The van der Waals surface area contributed by atoms with Crippen LogP contribution >= 0.6 is 0 Å². The smallest absolute Gasteiger partial charge is 0.188 e. The second-order valence-electron chi connectivity index (χ2n) is 4.72. The van der Waals surface area contributed by atoms with E-state index in [1.54, 1.807) is 0 Å². The van der Waals surface area contributed by atoms with Gasteiger partial charge in [-0.25, -0.2) is 4.99 Å². The van der Waals surface area contributed by atoms with Crippen molar-refractivity contribution < 1.29 is 0 Å². The molecule has 0 radical (unpaired) electrons. The molecule has 3 nitrogen and oxygen atoms in total. The maximum atomic E-state index is 5.82. The molecule has 0 atom stereocenters. The van der Waals surface area contributed by atoms with Crippen molar-refractivity contribution in [3.05, 3.63) is 35.4 Å². The van der Waals surface area contributed by atoms with Crippen LogP contribution in [0.25, 0.3) is 0 Å². The summed E-state index contributed by atoms with van der Waals surface area (Å²) in [6, 6.07) is 7.82. The van der Waals surface area contributed by atoms with Crippen molar-refractivity contribution in [2.75, 3.05) is 6.54 Å². The average molecular weight is 241 g/mol. The average Bonchev–Trinajstić information content (AvgIpc) is 2.35.